The molecule has 154 valence electrons. The molecule has 3 aromatic rings. The van der Waals surface area contributed by atoms with Gasteiger partial charge >= 0.3 is 6.36 Å². The van der Waals surface area contributed by atoms with Crippen molar-refractivity contribution in [2.24, 2.45) is 0 Å². The van der Waals surface area contributed by atoms with Crippen LogP contribution in [-0.4, -0.2) is 22.1 Å². The molecule has 0 fully saturated rings. The fourth-order valence-electron chi connectivity index (χ4n) is 2.93. The lowest BCUT2D eigenvalue weighted by molar-refractivity contribution is -0.274. The van der Waals surface area contributed by atoms with Crippen LogP contribution in [0, 0.1) is 5.82 Å². The lowest BCUT2D eigenvalue weighted by atomic mass is 10.1. The molecule has 0 atom stereocenters. The predicted octanol–water partition coefficient (Wildman–Crippen LogP) is 5.73. The average molecular weight is 409 g/mol. The molecule has 0 radical (unpaired) electrons. The third kappa shape index (κ3) is 5.22. The van der Waals surface area contributed by atoms with Gasteiger partial charge in [0, 0.05) is 18.8 Å². The van der Waals surface area contributed by atoms with Crippen LogP contribution in [0.25, 0.3) is 11.3 Å². The lowest BCUT2D eigenvalue weighted by Crippen LogP contribution is -2.17. The van der Waals surface area contributed by atoms with Crippen LogP contribution in [0.3, 0.4) is 0 Å². The first-order valence-corrected chi connectivity index (χ1v) is 8.82. The number of hydrogen-bond donors (Lipinski definition) is 1. The van der Waals surface area contributed by atoms with Crippen molar-refractivity contribution in [2.45, 2.75) is 32.9 Å². The maximum absolute atomic E-state index is 14.6. The molecule has 2 aromatic carbocycles. The monoisotopic (exact) mass is 409 g/mol. The highest BCUT2D eigenvalue weighted by Gasteiger charge is 2.31. The molecule has 1 heterocycles. The van der Waals surface area contributed by atoms with Crippen molar-refractivity contribution in [3.63, 3.8) is 0 Å². The number of nitrogens with zero attached hydrogens (tertiary/aromatic N) is 1. The van der Waals surface area contributed by atoms with Crippen LogP contribution in [0.4, 0.5) is 17.6 Å². The second kappa shape index (κ2) is 8.06. The summed E-state index contributed by atoms with van der Waals surface area (Å²) in [7, 11) is 0. The molecule has 0 bridgehead atoms. The maximum atomic E-state index is 14.6. The summed E-state index contributed by atoms with van der Waals surface area (Å²) in [5.74, 6) is -0.598. The van der Waals surface area contributed by atoms with E-state index >= 15 is 0 Å². The van der Waals surface area contributed by atoms with E-state index in [2.05, 4.69) is 4.74 Å². The second-order valence-corrected chi connectivity index (χ2v) is 6.68. The maximum Gasteiger partial charge on any atom is 0.573 e. The van der Waals surface area contributed by atoms with Gasteiger partial charge in [0.15, 0.2) is 0 Å². The Labute approximate surface area is 164 Å². The highest BCUT2D eigenvalue weighted by molar-refractivity contribution is 5.70. The molecular formula is C21H19F4NO3. The Balaban J connectivity index is 1.93. The Morgan fingerprint density at radius 1 is 1.07 bits per heavy atom. The number of ether oxygens (including phenoxy) is 2. The van der Waals surface area contributed by atoms with Gasteiger partial charge in [-0.3, -0.25) is 0 Å². The van der Waals surface area contributed by atoms with E-state index in [9.17, 15) is 22.7 Å². The van der Waals surface area contributed by atoms with Gasteiger partial charge < -0.3 is 19.1 Å². The zero-order valence-corrected chi connectivity index (χ0v) is 15.7. The summed E-state index contributed by atoms with van der Waals surface area (Å²) in [5.41, 5.74) is 1.21. The van der Waals surface area contributed by atoms with Crippen molar-refractivity contribution in [3.8, 4) is 28.5 Å². The molecule has 8 heteroatoms. The minimum Gasteiger partial charge on any atom is -0.506 e. The number of hydrogen-bond acceptors (Lipinski definition) is 3. The molecule has 0 aliphatic rings. The highest BCUT2D eigenvalue weighted by atomic mass is 19.4. The fourth-order valence-corrected chi connectivity index (χ4v) is 2.93. The normalized spacial score (nSPS) is 11.7. The molecule has 1 aromatic heterocycles. The van der Waals surface area contributed by atoms with E-state index in [0.29, 0.717) is 17.0 Å². The summed E-state index contributed by atoms with van der Waals surface area (Å²) in [6, 6.07) is 11.2. The zero-order valence-electron chi connectivity index (χ0n) is 15.7. The van der Waals surface area contributed by atoms with E-state index in [4.69, 9.17) is 4.74 Å². The highest BCUT2D eigenvalue weighted by Crippen LogP contribution is 2.36. The van der Waals surface area contributed by atoms with Crippen LogP contribution in [-0.2, 0) is 6.54 Å². The topological polar surface area (TPSA) is 43.6 Å². The minimum atomic E-state index is -4.77. The molecule has 0 saturated heterocycles. The Hall–Kier alpha value is -3.16. The molecule has 0 spiro atoms. The number of halogens is 4. The van der Waals surface area contributed by atoms with Crippen molar-refractivity contribution >= 4 is 0 Å². The Morgan fingerprint density at radius 3 is 2.38 bits per heavy atom. The summed E-state index contributed by atoms with van der Waals surface area (Å²) in [6.45, 7) is 3.82. The van der Waals surface area contributed by atoms with Crippen molar-refractivity contribution in [1.29, 1.82) is 0 Å². The molecule has 0 aliphatic carbocycles. The van der Waals surface area contributed by atoms with E-state index in [1.54, 1.807) is 10.6 Å². The molecule has 4 nitrogen and oxygen atoms in total. The number of rotatable bonds is 6. The largest absolute Gasteiger partial charge is 0.573 e. The summed E-state index contributed by atoms with van der Waals surface area (Å²) in [6.07, 6.45) is -3.53. The van der Waals surface area contributed by atoms with Gasteiger partial charge in [0.1, 0.15) is 23.1 Å². The Kier molecular flexibility index (Phi) is 5.72. The fraction of sp³-hybridized carbons (Fsp3) is 0.238. The lowest BCUT2D eigenvalue weighted by Gasteiger charge is -2.17. The summed E-state index contributed by atoms with van der Waals surface area (Å²) in [4.78, 5) is 0. The summed E-state index contributed by atoms with van der Waals surface area (Å²) >= 11 is 0. The van der Waals surface area contributed by atoms with Crippen LogP contribution in [0.5, 0.6) is 17.2 Å². The van der Waals surface area contributed by atoms with E-state index in [0.717, 1.165) is 0 Å². The average Bonchev–Trinajstić information content (AvgIpc) is 2.95. The Morgan fingerprint density at radius 2 is 1.76 bits per heavy atom. The van der Waals surface area contributed by atoms with E-state index in [-0.39, 0.29) is 29.7 Å². The molecule has 29 heavy (non-hydrogen) atoms. The molecular weight excluding hydrogens is 390 g/mol. The molecule has 0 aliphatic heterocycles. The second-order valence-electron chi connectivity index (χ2n) is 6.68. The van der Waals surface area contributed by atoms with Gasteiger partial charge in [0.25, 0.3) is 0 Å². The Bertz CT molecular complexity index is 979. The number of aromatic hydroxyl groups is 1. The zero-order chi connectivity index (χ0) is 21.2. The number of aromatic nitrogens is 1. The first kappa shape index (κ1) is 20.6. The first-order valence-electron chi connectivity index (χ1n) is 8.82. The van der Waals surface area contributed by atoms with Gasteiger partial charge in [-0.05, 0) is 43.7 Å². The molecule has 0 unspecified atom stereocenters. The van der Waals surface area contributed by atoms with Gasteiger partial charge in [-0.2, -0.15) is 0 Å². The van der Waals surface area contributed by atoms with E-state index < -0.39 is 12.2 Å². The van der Waals surface area contributed by atoms with Crippen LogP contribution < -0.4 is 9.47 Å². The quantitative estimate of drug-likeness (QED) is 0.529. The van der Waals surface area contributed by atoms with Crippen molar-refractivity contribution < 1.29 is 32.1 Å². The smallest absolute Gasteiger partial charge is 0.506 e. The third-order valence-electron chi connectivity index (χ3n) is 3.99. The van der Waals surface area contributed by atoms with Crippen molar-refractivity contribution in [1.82, 2.24) is 4.57 Å². The van der Waals surface area contributed by atoms with Crippen LogP contribution in [0.15, 0.2) is 54.7 Å². The molecule has 0 saturated carbocycles. The number of benzene rings is 2. The van der Waals surface area contributed by atoms with Crippen molar-refractivity contribution in [2.75, 3.05) is 0 Å². The third-order valence-corrected chi connectivity index (χ3v) is 3.99. The summed E-state index contributed by atoms with van der Waals surface area (Å²) in [5, 5.41) is 9.98. The van der Waals surface area contributed by atoms with Crippen LogP contribution >= 0.6 is 0 Å². The molecule has 3 rings (SSSR count). The predicted molar refractivity (Wildman–Crippen MR) is 99.5 cm³/mol. The van der Waals surface area contributed by atoms with Crippen molar-refractivity contribution in [3.05, 3.63) is 66.1 Å². The van der Waals surface area contributed by atoms with Gasteiger partial charge in [-0.25, -0.2) is 4.39 Å². The summed E-state index contributed by atoms with van der Waals surface area (Å²) < 4.78 is 62.7. The molecule has 1 N–H and O–H groups in total. The van der Waals surface area contributed by atoms with Crippen LogP contribution in [0.2, 0.25) is 0 Å². The minimum absolute atomic E-state index is 0.0734. The molecule has 0 amide bonds. The first-order chi connectivity index (χ1) is 13.6. The van der Waals surface area contributed by atoms with Gasteiger partial charge in [-0.1, -0.05) is 18.2 Å². The van der Waals surface area contributed by atoms with Gasteiger partial charge in [-0.15, -0.1) is 13.2 Å². The van der Waals surface area contributed by atoms with Gasteiger partial charge in [0.05, 0.1) is 17.4 Å². The SMILES string of the molecule is CC(C)Oc1cccc(F)c1-c1cc(O)cn1Cc1ccc(OC(F)(F)F)cc1. The van der Waals surface area contributed by atoms with Gasteiger partial charge in [0.2, 0.25) is 0 Å². The van der Waals surface area contributed by atoms with E-state index in [1.807, 2.05) is 13.8 Å². The van der Waals surface area contributed by atoms with E-state index in [1.165, 1.54) is 48.7 Å². The standard InChI is InChI=1S/C21H19F4NO3/c1-13(2)28-19-5-3-4-17(22)20(19)18-10-15(27)12-26(18)11-14-6-8-16(9-7-14)29-21(23,24)25/h3-10,12-13,27H,11H2,1-2H3. The van der Waals surface area contributed by atoms with Crippen LogP contribution in [0.1, 0.15) is 19.4 Å². The number of alkyl halides is 3.